The zero-order chi connectivity index (χ0) is 25.7. The van der Waals surface area contributed by atoms with Crippen LogP contribution in [0.4, 0.5) is 10.1 Å². The summed E-state index contributed by atoms with van der Waals surface area (Å²) in [6.45, 7) is 3.34. The number of sulfonamides is 1. The normalized spacial score (nSPS) is 14.2. The second-order valence-electron chi connectivity index (χ2n) is 8.38. The van der Waals surface area contributed by atoms with E-state index in [9.17, 15) is 22.9 Å². The van der Waals surface area contributed by atoms with Crippen molar-refractivity contribution in [3.63, 3.8) is 0 Å². The van der Waals surface area contributed by atoms with E-state index in [-0.39, 0.29) is 29.3 Å². The first-order valence-electron chi connectivity index (χ1n) is 11.6. The van der Waals surface area contributed by atoms with E-state index in [1.807, 2.05) is 36.4 Å². The van der Waals surface area contributed by atoms with Crippen molar-refractivity contribution in [2.24, 2.45) is 0 Å². The fourth-order valence-electron chi connectivity index (χ4n) is 4.07. The number of ether oxygens (including phenoxy) is 1. The van der Waals surface area contributed by atoms with E-state index in [0.717, 1.165) is 22.8 Å². The van der Waals surface area contributed by atoms with Gasteiger partial charge in [-0.15, -0.1) is 0 Å². The molecule has 1 aliphatic rings. The molecule has 1 aliphatic heterocycles. The van der Waals surface area contributed by atoms with Gasteiger partial charge in [0.05, 0.1) is 36.3 Å². The molecule has 3 aromatic rings. The Morgan fingerprint density at radius 2 is 1.78 bits per heavy atom. The van der Waals surface area contributed by atoms with Crippen LogP contribution in [0, 0.1) is 17.1 Å². The lowest BCUT2D eigenvalue weighted by Gasteiger charge is -2.26. The molecular formula is C27H26FN3O4S. The number of rotatable bonds is 7. The maximum atomic E-state index is 14.0. The van der Waals surface area contributed by atoms with E-state index < -0.39 is 15.8 Å². The van der Waals surface area contributed by atoms with Gasteiger partial charge in [0, 0.05) is 25.2 Å². The molecule has 4 rings (SSSR count). The Kier molecular flexibility index (Phi) is 7.79. The zero-order valence-electron chi connectivity index (χ0n) is 19.9. The Bertz CT molecular complexity index is 1400. The Labute approximate surface area is 210 Å². The van der Waals surface area contributed by atoms with Crippen molar-refractivity contribution in [3.05, 3.63) is 83.7 Å². The summed E-state index contributed by atoms with van der Waals surface area (Å²) in [7, 11) is -3.61. The number of benzene rings is 3. The summed E-state index contributed by atoms with van der Waals surface area (Å²) in [5.74, 6) is -0.783. The van der Waals surface area contributed by atoms with Gasteiger partial charge in [0.15, 0.2) is 0 Å². The van der Waals surface area contributed by atoms with Crippen molar-refractivity contribution < 1.29 is 22.3 Å². The monoisotopic (exact) mass is 507 g/mol. The number of morpholine rings is 1. The molecule has 1 fully saturated rings. The Balaban J connectivity index is 1.57. The van der Waals surface area contributed by atoms with Crippen LogP contribution < -0.4 is 4.90 Å². The van der Waals surface area contributed by atoms with Crippen molar-refractivity contribution in [1.82, 2.24) is 4.31 Å². The lowest BCUT2D eigenvalue weighted by atomic mass is 10.0. The average molecular weight is 508 g/mol. The molecule has 0 N–H and O–H groups in total. The summed E-state index contributed by atoms with van der Waals surface area (Å²) in [5.41, 5.74) is 2.84. The molecule has 0 unspecified atom stereocenters. The molecule has 1 amide bonds. The fraction of sp³-hybridized carbons (Fsp3) is 0.259. The molecule has 9 heteroatoms. The summed E-state index contributed by atoms with van der Waals surface area (Å²) < 4.78 is 46.8. The second kappa shape index (κ2) is 11.0. The van der Waals surface area contributed by atoms with Gasteiger partial charge in [0.2, 0.25) is 15.9 Å². The van der Waals surface area contributed by atoms with Gasteiger partial charge in [-0.2, -0.15) is 9.57 Å². The smallest absolute Gasteiger partial charge is 0.243 e. The predicted molar refractivity (Wildman–Crippen MR) is 134 cm³/mol. The van der Waals surface area contributed by atoms with Crippen LogP contribution in [0.25, 0.3) is 11.1 Å². The second-order valence-corrected chi connectivity index (χ2v) is 10.3. The van der Waals surface area contributed by atoms with Crippen molar-refractivity contribution in [2.75, 3.05) is 31.2 Å². The minimum absolute atomic E-state index is 0.140. The zero-order valence-corrected chi connectivity index (χ0v) is 20.7. The molecule has 7 nitrogen and oxygen atoms in total. The SMILES string of the molecule is CCC(=O)N(Cc1ccc(-c2cccc(S(=O)(=O)N3CCOCC3)c2)cc1)c1cc(F)cc(C#N)c1. The topological polar surface area (TPSA) is 90.7 Å². The van der Waals surface area contributed by atoms with Gasteiger partial charge in [-0.25, -0.2) is 12.8 Å². The van der Waals surface area contributed by atoms with E-state index in [4.69, 9.17) is 4.74 Å². The number of anilines is 1. The molecule has 0 aliphatic carbocycles. The number of halogens is 1. The summed E-state index contributed by atoms with van der Waals surface area (Å²) in [4.78, 5) is 14.3. The van der Waals surface area contributed by atoms with Gasteiger partial charge in [0.1, 0.15) is 5.82 Å². The van der Waals surface area contributed by atoms with Crippen molar-refractivity contribution in [1.29, 1.82) is 5.26 Å². The lowest BCUT2D eigenvalue weighted by molar-refractivity contribution is -0.118. The first kappa shape index (κ1) is 25.5. The standard InChI is InChI=1S/C27H26FN3O4S/c1-2-27(32)31(25-15-21(18-29)14-24(28)17-25)19-20-6-8-22(9-7-20)23-4-3-5-26(16-23)36(33,34)30-10-12-35-13-11-30/h3-9,14-17H,2,10-13,19H2,1H3. The number of amides is 1. The maximum absolute atomic E-state index is 14.0. The summed E-state index contributed by atoms with van der Waals surface area (Å²) in [6, 6.07) is 20.0. The Hall–Kier alpha value is -3.58. The Morgan fingerprint density at radius 3 is 2.44 bits per heavy atom. The lowest BCUT2D eigenvalue weighted by Crippen LogP contribution is -2.40. The molecule has 186 valence electrons. The minimum atomic E-state index is -3.61. The quantitative estimate of drug-likeness (QED) is 0.475. The number of nitriles is 1. The van der Waals surface area contributed by atoms with Gasteiger partial charge in [-0.3, -0.25) is 4.79 Å². The predicted octanol–water partition coefficient (Wildman–Crippen LogP) is 4.33. The van der Waals surface area contributed by atoms with Crippen LogP contribution in [0.15, 0.2) is 71.6 Å². The summed E-state index contributed by atoms with van der Waals surface area (Å²) in [5, 5.41) is 9.17. The van der Waals surface area contributed by atoms with E-state index in [1.165, 1.54) is 21.3 Å². The molecule has 0 bridgehead atoms. The van der Waals surface area contributed by atoms with Crippen LogP contribution in [0.3, 0.4) is 0 Å². The number of hydrogen-bond donors (Lipinski definition) is 0. The molecular weight excluding hydrogens is 481 g/mol. The largest absolute Gasteiger partial charge is 0.379 e. The molecule has 0 radical (unpaired) electrons. The first-order valence-corrected chi connectivity index (χ1v) is 13.0. The van der Waals surface area contributed by atoms with Gasteiger partial charge < -0.3 is 9.64 Å². The van der Waals surface area contributed by atoms with Crippen LogP contribution in [-0.2, 0) is 26.1 Å². The number of carbonyl (C=O) groups is 1. The van der Waals surface area contributed by atoms with Gasteiger partial charge >= 0.3 is 0 Å². The molecule has 1 heterocycles. The number of carbonyl (C=O) groups excluding carboxylic acids is 1. The highest BCUT2D eigenvalue weighted by Crippen LogP contribution is 2.27. The van der Waals surface area contributed by atoms with E-state index in [2.05, 4.69) is 0 Å². The third-order valence-corrected chi connectivity index (χ3v) is 7.89. The molecule has 0 saturated carbocycles. The highest BCUT2D eigenvalue weighted by Gasteiger charge is 2.26. The van der Waals surface area contributed by atoms with Crippen LogP contribution in [-0.4, -0.2) is 44.9 Å². The molecule has 3 aromatic carbocycles. The highest BCUT2D eigenvalue weighted by molar-refractivity contribution is 7.89. The van der Waals surface area contributed by atoms with Gasteiger partial charge in [0.25, 0.3) is 0 Å². The minimum Gasteiger partial charge on any atom is -0.379 e. The van der Waals surface area contributed by atoms with Crippen LogP contribution in [0.1, 0.15) is 24.5 Å². The molecule has 36 heavy (non-hydrogen) atoms. The van der Waals surface area contributed by atoms with Gasteiger partial charge in [-0.1, -0.05) is 43.3 Å². The fourth-order valence-corrected chi connectivity index (χ4v) is 5.52. The maximum Gasteiger partial charge on any atom is 0.243 e. The first-order chi connectivity index (χ1) is 17.3. The molecule has 0 aromatic heterocycles. The van der Waals surface area contributed by atoms with Crippen molar-refractivity contribution in [3.8, 4) is 17.2 Å². The van der Waals surface area contributed by atoms with E-state index >= 15 is 0 Å². The molecule has 0 spiro atoms. The van der Waals surface area contributed by atoms with Crippen molar-refractivity contribution in [2.45, 2.75) is 24.8 Å². The van der Waals surface area contributed by atoms with Gasteiger partial charge in [-0.05, 0) is 47.0 Å². The van der Waals surface area contributed by atoms with Crippen LogP contribution in [0.2, 0.25) is 0 Å². The summed E-state index contributed by atoms with van der Waals surface area (Å²) >= 11 is 0. The summed E-state index contributed by atoms with van der Waals surface area (Å²) in [6.07, 6.45) is 0.223. The molecule has 1 saturated heterocycles. The van der Waals surface area contributed by atoms with Crippen LogP contribution >= 0.6 is 0 Å². The van der Waals surface area contributed by atoms with E-state index in [1.54, 1.807) is 25.1 Å². The molecule has 0 atom stereocenters. The van der Waals surface area contributed by atoms with Crippen LogP contribution in [0.5, 0.6) is 0 Å². The average Bonchev–Trinajstić information content (AvgIpc) is 2.91. The third-order valence-electron chi connectivity index (χ3n) is 6.00. The number of nitrogens with zero attached hydrogens (tertiary/aromatic N) is 3. The highest BCUT2D eigenvalue weighted by atomic mass is 32.2. The van der Waals surface area contributed by atoms with E-state index in [0.29, 0.717) is 32.0 Å². The third kappa shape index (κ3) is 5.62. The number of hydrogen-bond acceptors (Lipinski definition) is 5. The Morgan fingerprint density at radius 1 is 1.06 bits per heavy atom. The van der Waals surface area contributed by atoms with Crippen molar-refractivity contribution >= 4 is 21.6 Å².